The summed E-state index contributed by atoms with van der Waals surface area (Å²) in [5.74, 6) is 1.14. The van der Waals surface area contributed by atoms with Gasteiger partial charge in [-0.25, -0.2) is 4.79 Å². The van der Waals surface area contributed by atoms with Crippen LogP contribution in [0, 0.1) is 0 Å². The average Bonchev–Trinajstić information content (AvgIpc) is 2.62. The molecule has 0 bridgehead atoms. The van der Waals surface area contributed by atoms with Gasteiger partial charge in [-0.2, -0.15) is 0 Å². The van der Waals surface area contributed by atoms with Crippen LogP contribution < -0.4 is 25.4 Å². The summed E-state index contributed by atoms with van der Waals surface area (Å²) in [5.41, 5.74) is 2.27. The van der Waals surface area contributed by atoms with E-state index in [1.165, 1.54) is 0 Å². The van der Waals surface area contributed by atoms with E-state index in [2.05, 4.69) is 16.0 Å². The van der Waals surface area contributed by atoms with E-state index in [0.717, 1.165) is 11.3 Å². The van der Waals surface area contributed by atoms with E-state index in [-0.39, 0.29) is 18.5 Å². The largest absolute Gasteiger partial charge is 0.497 e. The number of hydrogen-bond acceptors (Lipinski definition) is 4. The highest BCUT2D eigenvalue weighted by atomic mass is 16.5. The van der Waals surface area contributed by atoms with Crippen LogP contribution in [-0.4, -0.2) is 32.2 Å². The minimum atomic E-state index is -0.303. The second kappa shape index (κ2) is 7.57. The molecular formula is C18H19N3O4. The van der Waals surface area contributed by atoms with Gasteiger partial charge in [-0.3, -0.25) is 4.79 Å². The number of urea groups is 1. The van der Waals surface area contributed by atoms with Crippen LogP contribution in [0.15, 0.2) is 42.5 Å². The molecule has 0 atom stereocenters. The third-order valence-corrected chi connectivity index (χ3v) is 3.71. The first-order valence-electron chi connectivity index (χ1n) is 7.88. The number of carbonyl (C=O) groups is 2. The van der Waals surface area contributed by atoms with Gasteiger partial charge in [-0.1, -0.05) is 12.1 Å². The van der Waals surface area contributed by atoms with E-state index in [1.807, 2.05) is 24.3 Å². The highest BCUT2D eigenvalue weighted by molar-refractivity contribution is 5.96. The van der Waals surface area contributed by atoms with Crippen molar-refractivity contribution in [2.24, 2.45) is 0 Å². The van der Waals surface area contributed by atoms with Crippen LogP contribution in [0.1, 0.15) is 5.56 Å². The van der Waals surface area contributed by atoms with E-state index in [1.54, 1.807) is 25.3 Å². The molecule has 3 N–H and O–H groups in total. The molecule has 3 amide bonds. The third kappa shape index (κ3) is 4.41. The van der Waals surface area contributed by atoms with Gasteiger partial charge in [0.25, 0.3) is 5.91 Å². The second-order valence-electron chi connectivity index (χ2n) is 5.53. The highest BCUT2D eigenvalue weighted by Gasteiger charge is 2.16. The second-order valence-corrected chi connectivity index (χ2v) is 5.53. The summed E-state index contributed by atoms with van der Waals surface area (Å²) in [7, 11) is 1.62. The monoisotopic (exact) mass is 341 g/mol. The lowest BCUT2D eigenvalue weighted by molar-refractivity contribution is -0.118. The molecule has 1 aliphatic rings. The molecule has 25 heavy (non-hydrogen) atoms. The van der Waals surface area contributed by atoms with Crippen molar-refractivity contribution < 1.29 is 19.1 Å². The first kappa shape index (κ1) is 16.6. The minimum Gasteiger partial charge on any atom is -0.497 e. The van der Waals surface area contributed by atoms with Crippen molar-refractivity contribution in [3.05, 3.63) is 48.0 Å². The van der Waals surface area contributed by atoms with Gasteiger partial charge in [0.1, 0.15) is 11.5 Å². The summed E-state index contributed by atoms with van der Waals surface area (Å²) in [4.78, 5) is 23.2. The Morgan fingerprint density at radius 3 is 3.00 bits per heavy atom. The standard InChI is InChI=1S/C18H19N3O4/c1-24-14-4-2-3-12(9-14)7-8-19-18(23)20-13-5-6-15-16(10-13)25-11-17(22)21-15/h2-6,9-10H,7-8,11H2,1H3,(H,21,22)(H2,19,20,23). The number of carbonyl (C=O) groups excluding carboxylic acids is 2. The average molecular weight is 341 g/mol. The lowest BCUT2D eigenvalue weighted by Crippen LogP contribution is -2.30. The molecule has 1 aliphatic heterocycles. The van der Waals surface area contributed by atoms with Crippen molar-refractivity contribution in [2.45, 2.75) is 6.42 Å². The molecule has 7 heteroatoms. The van der Waals surface area contributed by atoms with Crippen molar-refractivity contribution in [3.8, 4) is 11.5 Å². The first-order chi connectivity index (χ1) is 12.1. The van der Waals surface area contributed by atoms with Crippen molar-refractivity contribution in [1.29, 1.82) is 0 Å². The fraction of sp³-hybridized carbons (Fsp3) is 0.222. The van der Waals surface area contributed by atoms with Crippen LogP contribution >= 0.6 is 0 Å². The van der Waals surface area contributed by atoms with Crippen LogP contribution in [0.4, 0.5) is 16.2 Å². The predicted molar refractivity (Wildman–Crippen MR) is 94.3 cm³/mol. The first-order valence-corrected chi connectivity index (χ1v) is 7.88. The molecular weight excluding hydrogens is 322 g/mol. The molecule has 0 saturated carbocycles. The maximum Gasteiger partial charge on any atom is 0.319 e. The summed E-state index contributed by atoms with van der Waals surface area (Å²) in [6.45, 7) is 0.472. The number of nitrogens with one attached hydrogen (secondary N) is 3. The molecule has 0 fully saturated rings. The van der Waals surface area contributed by atoms with Crippen molar-refractivity contribution in [1.82, 2.24) is 5.32 Å². The smallest absolute Gasteiger partial charge is 0.319 e. The minimum absolute atomic E-state index is 0.0246. The maximum atomic E-state index is 12.0. The van der Waals surface area contributed by atoms with Crippen molar-refractivity contribution >= 4 is 23.3 Å². The zero-order valence-electron chi connectivity index (χ0n) is 13.8. The normalized spacial score (nSPS) is 12.4. The maximum absolute atomic E-state index is 12.0. The van der Waals surface area contributed by atoms with Crippen LogP contribution in [0.5, 0.6) is 11.5 Å². The number of fused-ring (bicyclic) bond motifs is 1. The number of hydrogen-bond donors (Lipinski definition) is 3. The number of benzene rings is 2. The third-order valence-electron chi connectivity index (χ3n) is 3.71. The molecule has 1 heterocycles. The summed E-state index contributed by atoms with van der Waals surface area (Å²) in [5, 5.41) is 8.25. The van der Waals surface area contributed by atoms with Gasteiger partial charge in [-0.15, -0.1) is 0 Å². The van der Waals surface area contributed by atoms with Crippen LogP contribution in [0.3, 0.4) is 0 Å². The van der Waals surface area contributed by atoms with Gasteiger partial charge in [-0.05, 0) is 36.2 Å². The fourth-order valence-electron chi connectivity index (χ4n) is 2.48. The van der Waals surface area contributed by atoms with Crippen LogP contribution in [0.25, 0.3) is 0 Å². The van der Waals surface area contributed by atoms with Crippen LogP contribution in [-0.2, 0) is 11.2 Å². The quantitative estimate of drug-likeness (QED) is 0.779. The number of methoxy groups -OCH3 is 1. The van der Waals surface area contributed by atoms with Crippen LogP contribution in [0.2, 0.25) is 0 Å². The Bertz CT molecular complexity index is 792. The Morgan fingerprint density at radius 1 is 1.28 bits per heavy atom. The molecule has 0 spiro atoms. The molecule has 2 aromatic rings. The number of ether oxygens (including phenoxy) is 2. The lowest BCUT2D eigenvalue weighted by Gasteiger charge is -2.18. The van der Waals surface area contributed by atoms with Gasteiger partial charge < -0.3 is 25.4 Å². The SMILES string of the molecule is COc1cccc(CCNC(=O)Nc2ccc3c(c2)OCC(=O)N3)c1. The van der Waals surface area contributed by atoms with Gasteiger partial charge >= 0.3 is 6.03 Å². The molecule has 2 aromatic carbocycles. The molecule has 0 radical (unpaired) electrons. The number of anilines is 2. The zero-order valence-corrected chi connectivity index (χ0v) is 13.8. The highest BCUT2D eigenvalue weighted by Crippen LogP contribution is 2.30. The van der Waals surface area contributed by atoms with Gasteiger partial charge in [0.05, 0.1) is 12.8 Å². The van der Waals surface area contributed by atoms with E-state index >= 15 is 0 Å². The summed E-state index contributed by atoms with van der Waals surface area (Å²) >= 11 is 0. The lowest BCUT2D eigenvalue weighted by atomic mass is 10.1. The number of rotatable bonds is 5. The molecule has 0 saturated heterocycles. The Hall–Kier alpha value is -3.22. The van der Waals surface area contributed by atoms with E-state index in [0.29, 0.717) is 30.1 Å². The summed E-state index contributed by atoms with van der Waals surface area (Å²) in [6, 6.07) is 12.5. The molecule has 7 nitrogen and oxygen atoms in total. The summed E-state index contributed by atoms with van der Waals surface area (Å²) < 4.78 is 10.5. The summed E-state index contributed by atoms with van der Waals surface area (Å²) in [6.07, 6.45) is 0.698. The Labute approximate surface area is 145 Å². The van der Waals surface area contributed by atoms with E-state index < -0.39 is 0 Å². The predicted octanol–water partition coefficient (Wildman–Crippen LogP) is 2.39. The Kier molecular flexibility index (Phi) is 5.03. The molecule has 0 aliphatic carbocycles. The van der Waals surface area contributed by atoms with Gasteiger partial charge in [0.15, 0.2) is 6.61 Å². The molecule has 0 aromatic heterocycles. The molecule has 3 rings (SSSR count). The van der Waals surface area contributed by atoms with Gasteiger partial charge in [0, 0.05) is 18.3 Å². The fourth-order valence-corrected chi connectivity index (χ4v) is 2.48. The van der Waals surface area contributed by atoms with E-state index in [9.17, 15) is 9.59 Å². The van der Waals surface area contributed by atoms with Gasteiger partial charge in [0.2, 0.25) is 0 Å². The topological polar surface area (TPSA) is 88.7 Å². The molecule has 0 unspecified atom stereocenters. The molecule has 130 valence electrons. The Morgan fingerprint density at radius 2 is 2.16 bits per heavy atom. The zero-order chi connectivity index (χ0) is 17.6. The van der Waals surface area contributed by atoms with Crippen molar-refractivity contribution in [3.63, 3.8) is 0 Å². The Balaban J connectivity index is 1.50. The number of amides is 3. The van der Waals surface area contributed by atoms with Crippen molar-refractivity contribution in [2.75, 3.05) is 30.9 Å². The van der Waals surface area contributed by atoms with E-state index in [4.69, 9.17) is 9.47 Å².